The second kappa shape index (κ2) is 13.8. The van der Waals surface area contributed by atoms with E-state index in [-0.39, 0.29) is 16.6 Å². The van der Waals surface area contributed by atoms with Crippen molar-refractivity contribution in [2.75, 3.05) is 13.2 Å². The zero-order valence-corrected chi connectivity index (χ0v) is 23.2. The van der Waals surface area contributed by atoms with Crippen LogP contribution in [0.3, 0.4) is 0 Å². The van der Waals surface area contributed by atoms with E-state index in [0.717, 1.165) is 29.7 Å². The number of ketones is 1. The van der Waals surface area contributed by atoms with Crippen LogP contribution in [0.4, 0.5) is 0 Å². The summed E-state index contributed by atoms with van der Waals surface area (Å²) in [5.74, 6) is 0.181. The van der Waals surface area contributed by atoms with Crippen molar-refractivity contribution in [3.05, 3.63) is 71.1 Å². The molecule has 0 saturated carbocycles. The van der Waals surface area contributed by atoms with Gasteiger partial charge < -0.3 is 10.0 Å². The van der Waals surface area contributed by atoms with Gasteiger partial charge in [0.05, 0.1) is 0 Å². The smallest absolute Gasteiger partial charge is 0.186 e. The molecule has 0 aromatic carbocycles. The molecule has 0 fully saturated rings. The third-order valence-corrected chi connectivity index (χ3v) is 6.69. The molecule has 0 aromatic rings. The van der Waals surface area contributed by atoms with Gasteiger partial charge in [0.25, 0.3) is 0 Å². The SMILES string of the molecule is CC(C)(C)C1=CC(=CC=C2C=CN(CCCCCCCCCCCO)C=C2)C=C(C(C)(C)C)C1=O. The first kappa shape index (κ1) is 29.1. The van der Waals surface area contributed by atoms with Gasteiger partial charge in [-0.15, -0.1) is 0 Å². The van der Waals surface area contributed by atoms with E-state index in [1.54, 1.807) is 0 Å². The zero-order valence-electron chi connectivity index (χ0n) is 23.2. The maximum Gasteiger partial charge on any atom is 0.186 e. The van der Waals surface area contributed by atoms with Crippen molar-refractivity contribution in [1.82, 2.24) is 4.90 Å². The molecule has 35 heavy (non-hydrogen) atoms. The number of carbonyl (C=O) groups excluding carboxylic acids is 1. The summed E-state index contributed by atoms with van der Waals surface area (Å²) in [6, 6.07) is 0. The predicted molar refractivity (Wildman–Crippen MR) is 150 cm³/mol. The normalized spacial score (nSPS) is 16.5. The fourth-order valence-corrected chi connectivity index (χ4v) is 4.43. The lowest BCUT2D eigenvalue weighted by atomic mass is 9.72. The topological polar surface area (TPSA) is 40.5 Å². The van der Waals surface area contributed by atoms with Gasteiger partial charge in [0.1, 0.15) is 0 Å². The highest BCUT2D eigenvalue weighted by Crippen LogP contribution is 2.38. The Morgan fingerprint density at radius 3 is 1.57 bits per heavy atom. The molecule has 1 aliphatic carbocycles. The lowest BCUT2D eigenvalue weighted by molar-refractivity contribution is -0.114. The van der Waals surface area contributed by atoms with E-state index < -0.39 is 0 Å². The minimum Gasteiger partial charge on any atom is -0.396 e. The van der Waals surface area contributed by atoms with Gasteiger partial charge in [-0.2, -0.15) is 0 Å². The van der Waals surface area contributed by atoms with Crippen molar-refractivity contribution < 1.29 is 9.90 Å². The molecule has 0 radical (unpaired) electrons. The maximum atomic E-state index is 13.1. The summed E-state index contributed by atoms with van der Waals surface area (Å²) in [5, 5.41) is 8.81. The Hall–Kier alpha value is -2.13. The largest absolute Gasteiger partial charge is 0.396 e. The van der Waals surface area contributed by atoms with Crippen LogP contribution in [-0.2, 0) is 4.79 Å². The molecule has 1 aliphatic heterocycles. The van der Waals surface area contributed by atoms with Crippen LogP contribution >= 0.6 is 0 Å². The number of Topliss-reactive ketones (excluding diaryl/α,β-unsaturated/α-hetero) is 1. The van der Waals surface area contributed by atoms with E-state index in [1.807, 2.05) is 0 Å². The van der Waals surface area contributed by atoms with Crippen LogP contribution in [0.25, 0.3) is 0 Å². The highest BCUT2D eigenvalue weighted by Gasteiger charge is 2.33. The minimum absolute atomic E-state index is 0.181. The van der Waals surface area contributed by atoms with Crippen molar-refractivity contribution in [3.63, 3.8) is 0 Å². The summed E-state index contributed by atoms with van der Waals surface area (Å²) in [5.41, 5.74) is 3.67. The zero-order chi connectivity index (χ0) is 25.9. The van der Waals surface area contributed by atoms with E-state index in [4.69, 9.17) is 5.11 Å². The van der Waals surface area contributed by atoms with Crippen molar-refractivity contribution in [1.29, 1.82) is 0 Å². The molecular weight excluding hydrogens is 430 g/mol. The van der Waals surface area contributed by atoms with Gasteiger partial charge in [0, 0.05) is 36.7 Å². The van der Waals surface area contributed by atoms with Gasteiger partial charge in [-0.05, 0) is 59.1 Å². The van der Waals surface area contributed by atoms with Crippen molar-refractivity contribution >= 4 is 5.78 Å². The van der Waals surface area contributed by atoms with Crippen molar-refractivity contribution in [2.24, 2.45) is 10.8 Å². The van der Waals surface area contributed by atoms with Crippen LogP contribution < -0.4 is 0 Å². The molecule has 2 aliphatic rings. The molecule has 0 amide bonds. The average molecular weight is 480 g/mol. The summed E-state index contributed by atoms with van der Waals surface area (Å²) in [4.78, 5) is 15.4. The molecule has 0 saturated heterocycles. The van der Waals surface area contributed by atoms with Crippen molar-refractivity contribution in [3.8, 4) is 0 Å². The second-order valence-corrected chi connectivity index (χ2v) is 12.1. The Morgan fingerprint density at radius 1 is 0.686 bits per heavy atom. The summed E-state index contributed by atoms with van der Waals surface area (Å²) in [6.45, 7) is 14.1. The number of allylic oxidation sites excluding steroid dienone is 10. The molecule has 0 bridgehead atoms. The number of hydrogen-bond donors (Lipinski definition) is 1. The number of carbonyl (C=O) groups is 1. The van der Waals surface area contributed by atoms with E-state index in [0.29, 0.717) is 6.61 Å². The minimum atomic E-state index is -0.181. The monoisotopic (exact) mass is 479 g/mol. The molecule has 0 unspecified atom stereocenters. The van der Waals surface area contributed by atoms with Gasteiger partial charge in [-0.1, -0.05) is 98.6 Å². The summed E-state index contributed by atoms with van der Waals surface area (Å²) in [6.07, 6.45) is 28.2. The number of aliphatic hydroxyl groups is 1. The Balaban J connectivity index is 1.85. The molecule has 1 N–H and O–H groups in total. The molecule has 1 heterocycles. The first-order chi connectivity index (χ1) is 16.5. The molecule has 2 rings (SSSR count). The Kier molecular flexibility index (Phi) is 11.5. The highest BCUT2D eigenvalue weighted by molar-refractivity contribution is 6.11. The number of hydrogen-bond acceptors (Lipinski definition) is 3. The number of unbranched alkanes of at least 4 members (excludes halogenated alkanes) is 8. The number of nitrogens with zero attached hydrogens (tertiary/aromatic N) is 1. The van der Waals surface area contributed by atoms with Crippen LogP contribution in [0.5, 0.6) is 0 Å². The highest BCUT2D eigenvalue weighted by atomic mass is 16.2. The van der Waals surface area contributed by atoms with Gasteiger partial charge in [0.2, 0.25) is 0 Å². The quantitative estimate of drug-likeness (QED) is 0.287. The predicted octanol–water partition coefficient (Wildman–Crippen LogP) is 8.21. The Labute approximate surface area is 215 Å². The fourth-order valence-electron chi connectivity index (χ4n) is 4.43. The number of aliphatic hydroxyl groups excluding tert-OH is 1. The molecule has 194 valence electrons. The molecule has 0 aromatic heterocycles. The lowest BCUT2D eigenvalue weighted by Crippen LogP contribution is -2.27. The maximum absolute atomic E-state index is 13.1. The third kappa shape index (κ3) is 10.2. The average Bonchev–Trinajstić information content (AvgIpc) is 2.79. The number of rotatable bonds is 12. The van der Waals surface area contributed by atoms with Crippen LogP contribution in [0.1, 0.15) is 99.3 Å². The van der Waals surface area contributed by atoms with Crippen LogP contribution in [0.15, 0.2) is 71.1 Å². The van der Waals surface area contributed by atoms with Crippen LogP contribution in [0.2, 0.25) is 0 Å². The van der Waals surface area contributed by atoms with Gasteiger partial charge in [0.15, 0.2) is 5.78 Å². The van der Waals surface area contributed by atoms with Crippen LogP contribution in [-0.4, -0.2) is 28.9 Å². The molecule has 0 spiro atoms. The van der Waals surface area contributed by atoms with E-state index >= 15 is 0 Å². The first-order valence-electron chi connectivity index (χ1n) is 13.7. The van der Waals surface area contributed by atoms with Gasteiger partial charge in [-0.3, -0.25) is 4.79 Å². The third-order valence-electron chi connectivity index (χ3n) is 6.69. The van der Waals surface area contributed by atoms with Crippen LogP contribution in [0, 0.1) is 10.8 Å². The molecule has 3 heteroatoms. The van der Waals surface area contributed by atoms with Gasteiger partial charge in [-0.25, -0.2) is 0 Å². The molecule has 3 nitrogen and oxygen atoms in total. The first-order valence-corrected chi connectivity index (χ1v) is 13.7. The fraction of sp³-hybridized carbons (Fsp3) is 0.594. The summed E-state index contributed by atoms with van der Waals surface area (Å²) < 4.78 is 0. The molecule has 0 atom stereocenters. The Morgan fingerprint density at radius 2 is 1.11 bits per heavy atom. The van der Waals surface area contributed by atoms with E-state index in [1.165, 1.54) is 56.9 Å². The summed E-state index contributed by atoms with van der Waals surface area (Å²) in [7, 11) is 0. The summed E-state index contributed by atoms with van der Waals surface area (Å²) >= 11 is 0. The van der Waals surface area contributed by atoms with Gasteiger partial charge >= 0.3 is 0 Å². The van der Waals surface area contributed by atoms with E-state index in [2.05, 4.69) is 95.3 Å². The molecular formula is C32H49NO2. The van der Waals surface area contributed by atoms with Crippen molar-refractivity contribution in [2.45, 2.75) is 99.3 Å². The Bertz CT molecular complexity index is 830. The second-order valence-electron chi connectivity index (χ2n) is 12.1. The lowest BCUT2D eigenvalue weighted by Gasteiger charge is -2.31. The standard InChI is InChI=1S/C32H49NO2/c1-31(2,3)28-24-27(25-29(30(28)35)32(4,5)6)17-16-26-18-21-33(22-19-26)20-14-12-10-8-7-9-11-13-15-23-34/h16-19,21-22,24-25,34H,7-15,20,23H2,1-6H3. The van der Waals surface area contributed by atoms with E-state index in [9.17, 15) is 4.79 Å².